The standard InChI is InChI=1S/C19H25NO/c1-4-20(5-2)14-17-10-8-11-18(13-17)15-21-19-12-7-6-9-16(19)3/h6-13H,4-5,14-15H2,1-3H3. The Morgan fingerprint density at radius 1 is 0.905 bits per heavy atom. The lowest BCUT2D eigenvalue weighted by Gasteiger charge is -2.18. The van der Waals surface area contributed by atoms with Crippen LogP contribution in [0, 0.1) is 6.92 Å². The molecule has 0 atom stereocenters. The highest BCUT2D eigenvalue weighted by molar-refractivity contribution is 5.32. The topological polar surface area (TPSA) is 12.5 Å². The van der Waals surface area contributed by atoms with Crippen molar-refractivity contribution >= 4 is 0 Å². The molecule has 0 saturated carbocycles. The van der Waals surface area contributed by atoms with E-state index in [2.05, 4.69) is 56.0 Å². The quantitative estimate of drug-likeness (QED) is 0.746. The summed E-state index contributed by atoms with van der Waals surface area (Å²) in [6, 6.07) is 16.8. The van der Waals surface area contributed by atoms with Crippen LogP contribution >= 0.6 is 0 Å². The van der Waals surface area contributed by atoms with Gasteiger partial charge >= 0.3 is 0 Å². The average Bonchev–Trinajstić information content (AvgIpc) is 2.52. The first-order valence-electron chi connectivity index (χ1n) is 7.71. The first-order valence-corrected chi connectivity index (χ1v) is 7.71. The fourth-order valence-corrected chi connectivity index (χ4v) is 2.40. The minimum Gasteiger partial charge on any atom is -0.489 e. The number of para-hydroxylation sites is 1. The number of rotatable bonds is 7. The molecule has 2 aromatic carbocycles. The van der Waals surface area contributed by atoms with E-state index in [0.717, 1.165) is 25.4 Å². The highest BCUT2D eigenvalue weighted by Gasteiger charge is 2.03. The van der Waals surface area contributed by atoms with Crippen molar-refractivity contribution in [2.24, 2.45) is 0 Å². The van der Waals surface area contributed by atoms with Gasteiger partial charge in [0, 0.05) is 6.54 Å². The second kappa shape index (κ2) is 7.84. The van der Waals surface area contributed by atoms with E-state index in [4.69, 9.17) is 4.74 Å². The van der Waals surface area contributed by atoms with Crippen molar-refractivity contribution in [3.63, 3.8) is 0 Å². The second-order valence-electron chi connectivity index (χ2n) is 5.34. The van der Waals surface area contributed by atoms with E-state index in [1.165, 1.54) is 16.7 Å². The van der Waals surface area contributed by atoms with E-state index in [1.54, 1.807) is 0 Å². The molecule has 0 unspecified atom stereocenters. The molecule has 0 bridgehead atoms. The number of aryl methyl sites for hydroxylation is 1. The van der Waals surface area contributed by atoms with Gasteiger partial charge in [0.05, 0.1) is 0 Å². The number of hydrogen-bond acceptors (Lipinski definition) is 2. The van der Waals surface area contributed by atoms with Crippen LogP contribution in [0.3, 0.4) is 0 Å². The number of nitrogens with zero attached hydrogens (tertiary/aromatic N) is 1. The Hall–Kier alpha value is -1.80. The maximum absolute atomic E-state index is 5.92. The maximum Gasteiger partial charge on any atom is 0.122 e. The second-order valence-corrected chi connectivity index (χ2v) is 5.34. The van der Waals surface area contributed by atoms with Crippen molar-refractivity contribution in [3.8, 4) is 5.75 Å². The maximum atomic E-state index is 5.92. The van der Waals surface area contributed by atoms with Crippen LogP contribution in [0.1, 0.15) is 30.5 Å². The highest BCUT2D eigenvalue weighted by Crippen LogP contribution is 2.18. The predicted molar refractivity (Wildman–Crippen MR) is 88.6 cm³/mol. The summed E-state index contributed by atoms with van der Waals surface area (Å²) in [5, 5.41) is 0. The Labute approximate surface area is 128 Å². The SMILES string of the molecule is CCN(CC)Cc1cccc(COc2ccccc2C)c1. The highest BCUT2D eigenvalue weighted by atomic mass is 16.5. The Bertz CT molecular complexity index is 561. The summed E-state index contributed by atoms with van der Waals surface area (Å²) in [6.45, 7) is 10.3. The third-order valence-electron chi connectivity index (χ3n) is 3.78. The van der Waals surface area contributed by atoms with Crippen molar-refractivity contribution in [1.29, 1.82) is 0 Å². The minimum atomic E-state index is 0.622. The first kappa shape index (κ1) is 15.6. The van der Waals surface area contributed by atoms with Gasteiger partial charge in [0.25, 0.3) is 0 Å². The van der Waals surface area contributed by atoms with Gasteiger partial charge in [0.2, 0.25) is 0 Å². The molecule has 0 spiro atoms. The van der Waals surface area contributed by atoms with E-state index in [-0.39, 0.29) is 0 Å². The van der Waals surface area contributed by atoms with E-state index >= 15 is 0 Å². The summed E-state index contributed by atoms with van der Waals surface area (Å²) in [7, 11) is 0. The monoisotopic (exact) mass is 283 g/mol. The van der Waals surface area contributed by atoms with Gasteiger partial charge < -0.3 is 4.74 Å². The molecule has 2 heteroatoms. The van der Waals surface area contributed by atoms with Gasteiger partial charge in [-0.25, -0.2) is 0 Å². The Kier molecular flexibility index (Phi) is 5.82. The van der Waals surface area contributed by atoms with Crippen molar-refractivity contribution in [2.75, 3.05) is 13.1 Å². The van der Waals surface area contributed by atoms with Gasteiger partial charge in [-0.2, -0.15) is 0 Å². The van der Waals surface area contributed by atoms with Crippen LogP contribution < -0.4 is 4.74 Å². The van der Waals surface area contributed by atoms with Gasteiger partial charge in [-0.1, -0.05) is 56.3 Å². The zero-order chi connectivity index (χ0) is 15.1. The summed E-state index contributed by atoms with van der Waals surface area (Å²) in [6.07, 6.45) is 0. The molecule has 0 aromatic heterocycles. The van der Waals surface area contributed by atoms with Crippen LogP contribution in [0.2, 0.25) is 0 Å². The first-order chi connectivity index (χ1) is 10.2. The third kappa shape index (κ3) is 4.61. The Morgan fingerprint density at radius 3 is 2.33 bits per heavy atom. The molecule has 0 radical (unpaired) electrons. The van der Waals surface area contributed by atoms with Gasteiger partial charge in [0.15, 0.2) is 0 Å². The molecule has 0 aliphatic carbocycles. The summed E-state index contributed by atoms with van der Waals surface area (Å²) in [4.78, 5) is 2.42. The fraction of sp³-hybridized carbons (Fsp3) is 0.368. The number of ether oxygens (including phenoxy) is 1. The van der Waals surface area contributed by atoms with Crippen molar-refractivity contribution < 1.29 is 4.74 Å². The molecule has 112 valence electrons. The Morgan fingerprint density at radius 2 is 1.62 bits per heavy atom. The van der Waals surface area contributed by atoms with Crippen molar-refractivity contribution in [2.45, 2.75) is 33.9 Å². The third-order valence-corrected chi connectivity index (χ3v) is 3.78. The molecule has 0 aliphatic heterocycles. The fourth-order valence-electron chi connectivity index (χ4n) is 2.40. The summed E-state index contributed by atoms with van der Waals surface area (Å²) in [5.74, 6) is 0.964. The van der Waals surface area contributed by atoms with E-state index < -0.39 is 0 Å². The molecule has 0 aliphatic rings. The lowest BCUT2D eigenvalue weighted by molar-refractivity contribution is 0.293. The molecule has 0 N–H and O–H groups in total. The lowest BCUT2D eigenvalue weighted by atomic mass is 10.1. The summed E-state index contributed by atoms with van der Waals surface area (Å²) >= 11 is 0. The van der Waals surface area contributed by atoms with Crippen LogP contribution in [0.5, 0.6) is 5.75 Å². The van der Waals surface area contributed by atoms with Crippen LogP contribution in [0.15, 0.2) is 48.5 Å². The minimum absolute atomic E-state index is 0.622. The zero-order valence-electron chi connectivity index (χ0n) is 13.3. The van der Waals surface area contributed by atoms with E-state index in [1.807, 2.05) is 18.2 Å². The van der Waals surface area contributed by atoms with Gasteiger partial charge in [-0.3, -0.25) is 4.90 Å². The average molecular weight is 283 g/mol. The molecule has 0 fully saturated rings. The zero-order valence-corrected chi connectivity index (χ0v) is 13.3. The normalized spacial score (nSPS) is 10.9. The Balaban J connectivity index is 1.99. The summed E-state index contributed by atoms with van der Waals surface area (Å²) < 4.78 is 5.92. The molecule has 0 amide bonds. The van der Waals surface area contributed by atoms with Gasteiger partial charge in [-0.15, -0.1) is 0 Å². The van der Waals surface area contributed by atoms with Crippen LogP contribution in [-0.2, 0) is 13.2 Å². The van der Waals surface area contributed by atoms with E-state index in [0.29, 0.717) is 6.61 Å². The number of benzene rings is 2. The molecular formula is C19H25NO. The molecule has 2 aromatic rings. The smallest absolute Gasteiger partial charge is 0.122 e. The largest absolute Gasteiger partial charge is 0.489 e. The van der Waals surface area contributed by atoms with Crippen molar-refractivity contribution in [3.05, 3.63) is 65.2 Å². The molecule has 2 nitrogen and oxygen atoms in total. The molecule has 0 heterocycles. The number of hydrogen-bond donors (Lipinski definition) is 0. The molecule has 2 rings (SSSR count). The lowest BCUT2D eigenvalue weighted by Crippen LogP contribution is -2.22. The molecular weight excluding hydrogens is 258 g/mol. The predicted octanol–water partition coefficient (Wildman–Crippen LogP) is 4.42. The summed E-state index contributed by atoms with van der Waals surface area (Å²) in [5.41, 5.74) is 3.75. The molecule has 0 saturated heterocycles. The van der Waals surface area contributed by atoms with Crippen LogP contribution in [0.4, 0.5) is 0 Å². The van der Waals surface area contributed by atoms with E-state index in [9.17, 15) is 0 Å². The van der Waals surface area contributed by atoms with Crippen LogP contribution in [0.25, 0.3) is 0 Å². The molecule has 21 heavy (non-hydrogen) atoms. The van der Waals surface area contributed by atoms with Gasteiger partial charge in [-0.05, 0) is 42.8 Å². The van der Waals surface area contributed by atoms with Crippen LogP contribution in [-0.4, -0.2) is 18.0 Å². The van der Waals surface area contributed by atoms with Gasteiger partial charge in [0.1, 0.15) is 12.4 Å². The van der Waals surface area contributed by atoms with Crippen molar-refractivity contribution in [1.82, 2.24) is 4.90 Å².